The van der Waals surface area contributed by atoms with Gasteiger partial charge in [0.05, 0.1) is 31.8 Å². The maximum atomic E-state index is 12.0. The van der Waals surface area contributed by atoms with Crippen molar-refractivity contribution < 1.29 is 14.3 Å². The van der Waals surface area contributed by atoms with Gasteiger partial charge in [-0.1, -0.05) is 0 Å². The molecule has 2 rings (SSSR count). The van der Waals surface area contributed by atoms with Gasteiger partial charge in [0.25, 0.3) is 0 Å². The molecule has 20 heavy (non-hydrogen) atoms. The summed E-state index contributed by atoms with van der Waals surface area (Å²) in [5.74, 6) is 1.13. The number of hydrogen-bond donors (Lipinski definition) is 1. The van der Waals surface area contributed by atoms with Crippen LogP contribution in [0.15, 0.2) is 23.7 Å². The van der Waals surface area contributed by atoms with Gasteiger partial charge in [0.2, 0.25) is 5.91 Å². The molecule has 6 heteroatoms. The van der Waals surface area contributed by atoms with Crippen LogP contribution in [0.4, 0.5) is 5.69 Å². The molecule has 0 bridgehead atoms. The number of amides is 1. The Morgan fingerprint density at radius 3 is 2.65 bits per heavy atom. The van der Waals surface area contributed by atoms with E-state index in [-0.39, 0.29) is 5.91 Å². The van der Waals surface area contributed by atoms with Crippen LogP contribution in [-0.4, -0.2) is 25.1 Å². The normalized spacial score (nSPS) is 10.2. The third kappa shape index (κ3) is 3.27. The summed E-state index contributed by atoms with van der Waals surface area (Å²) < 4.78 is 10.4. The van der Waals surface area contributed by atoms with Gasteiger partial charge in [0.1, 0.15) is 0 Å². The van der Waals surface area contributed by atoms with Crippen LogP contribution in [0, 0.1) is 6.92 Å². The molecule has 5 nitrogen and oxygen atoms in total. The first-order valence-corrected chi connectivity index (χ1v) is 6.93. The molecular formula is C14H16N2O3S. The fraction of sp³-hybridized carbons (Fsp3) is 0.286. The molecule has 0 saturated heterocycles. The van der Waals surface area contributed by atoms with Gasteiger partial charge >= 0.3 is 0 Å². The molecule has 1 N–H and O–H groups in total. The Morgan fingerprint density at radius 1 is 1.30 bits per heavy atom. The van der Waals surface area contributed by atoms with E-state index < -0.39 is 0 Å². The van der Waals surface area contributed by atoms with Crippen LogP contribution in [0.25, 0.3) is 0 Å². The summed E-state index contributed by atoms with van der Waals surface area (Å²) in [6, 6.07) is 5.27. The van der Waals surface area contributed by atoms with Crippen LogP contribution in [0.5, 0.6) is 11.5 Å². The van der Waals surface area contributed by atoms with Gasteiger partial charge in [-0.25, -0.2) is 4.98 Å². The number of benzene rings is 1. The second kappa shape index (κ2) is 6.38. The molecule has 1 aromatic heterocycles. The van der Waals surface area contributed by atoms with Crippen molar-refractivity contribution in [2.75, 3.05) is 19.5 Å². The summed E-state index contributed by atoms with van der Waals surface area (Å²) in [6.07, 6.45) is 0.324. The monoisotopic (exact) mass is 292 g/mol. The number of aryl methyl sites for hydroxylation is 1. The highest BCUT2D eigenvalue weighted by Crippen LogP contribution is 2.29. The Labute approximate surface area is 121 Å². The predicted octanol–water partition coefficient (Wildman–Crippen LogP) is 2.65. The number of thiazole rings is 1. The molecule has 0 aliphatic heterocycles. The molecule has 0 saturated carbocycles. The number of ether oxygens (including phenoxy) is 2. The molecule has 0 aliphatic rings. The lowest BCUT2D eigenvalue weighted by Gasteiger charge is -2.10. The second-order valence-electron chi connectivity index (χ2n) is 4.16. The van der Waals surface area contributed by atoms with Crippen molar-refractivity contribution in [2.24, 2.45) is 0 Å². The van der Waals surface area contributed by atoms with E-state index in [1.54, 1.807) is 37.9 Å². The van der Waals surface area contributed by atoms with Crippen LogP contribution in [0.3, 0.4) is 0 Å². The number of aromatic nitrogens is 1. The molecule has 0 fully saturated rings. The van der Waals surface area contributed by atoms with E-state index in [9.17, 15) is 4.79 Å². The van der Waals surface area contributed by atoms with Crippen molar-refractivity contribution in [3.63, 3.8) is 0 Å². The van der Waals surface area contributed by atoms with Gasteiger partial charge in [0, 0.05) is 16.6 Å². The van der Waals surface area contributed by atoms with Crippen molar-refractivity contribution in [3.8, 4) is 11.5 Å². The lowest BCUT2D eigenvalue weighted by atomic mass is 10.2. The first-order chi connectivity index (χ1) is 9.63. The van der Waals surface area contributed by atoms with E-state index in [0.29, 0.717) is 23.6 Å². The topological polar surface area (TPSA) is 60.5 Å². The summed E-state index contributed by atoms with van der Waals surface area (Å²) in [5, 5.41) is 2.84. The number of hydrogen-bond acceptors (Lipinski definition) is 5. The minimum Gasteiger partial charge on any atom is -0.493 e. The lowest BCUT2D eigenvalue weighted by molar-refractivity contribution is -0.115. The molecule has 0 atom stereocenters. The molecule has 106 valence electrons. The predicted molar refractivity (Wildman–Crippen MR) is 78.7 cm³/mol. The van der Waals surface area contributed by atoms with Crippen molar-refractivity contribution >= 4 is 22.9 Å². The van der Waals surface area contributed by atoms with Crippen molar-refractivity contribution in [1.29, 1.82) is 0 Å². The zero-order valence-electron chi connectivity index (χ0n) is 11.6. The van der Waals surface area contributed by atoms with Gasteiger partial charge in [-0.3, -0.25) is 4.79 Å². The molecular weight excluding hydrogens is 276 g/mol. The molecule has 1 aromatic carbocycles. The van der Waals surface area contributed by atoms with Gasteiger partial charge in [-0.2, -0.15) is 0 Å². The molecule has 0 unspecified atom stereocenters. The van der Waals surface area contributed by atoms with E-state index in [1.165, 1.54) is 11.3 Å². The van der Waals surface area contributed by atoms with Gasteiger partial charge < -0.3 is 14.8 Å². The molecule has 1 amide bonds. The van der Waals surface area contributed by atoms with E-state index in [1.807, 2.05) is 6.92 Å². The minimum absolute atomic E-state index is 0.0791. The Balaban J connectivity index is 2.06. The highest BCUT2D eigenvalue weighted by molar-refractivity contribution is 7.09. The van der Waals surface area contributed by atoms with Crippen LogP contribution < -0.4 is 14.8 Å². The minimum atomic E-state index is -0.0791. The fourth-order valence-electron chi connectivity index (χ4n) is 1.76. The summed E-state index contributed by atoms with van der Waals surface area (Å²) >= 11 is 1.49. The smallest absolute Gasteiger partial charge is 0.229 e. The fourth-order valence-corrected chi connectivity index (χ4v) is 2.54. The standard InChI is InChI=1S/C14H16N2O3S/c1-9-13(20-8-15-9)7-14(17)16-10-4-5-11(18-2)12(6-10)19-3/h4-6,8H,7H2,1-3H3,(H,16,17). The largest absolute Gasteiger partial charge is 0.493 e. The third-order valence-corrected chi connectivity index (χ3v) is 3.77. The first kappa shape index (κ1) is 14.3. The average molecular weight is 292 g/mol. The maximum Gasteiger partial charge on any atom is 0.229 e. The molecule has 0 radical (unpaired) electrons. The highest BCUT2D eigenvalue weighted by atomic mass is 32.1. The van der Waals surface area contributed by atoms with E-state index in [0.717, 1.165) is 10.6 Å². The Morgan fingerprint density at radius 2 is 2.05 bits per heavy atom. The highest BCUT2D eigenvalue weighted by Gasteiger charge is 2.10. The Kier molecular flexibility index (Phi) is 4.57. The van der Waals surface area contributed by atoms with Gasteiger partial charge in [-0.15, -0.1) is 11.3 Å². The Bertz CT molecular complexity index is 610. The van der Waals surface area contributed by atoms with Gasteiger partial charge in [-0.05, 0) is 19.1 Å². The Hall–Kier alpha value is -2.08. The number of methoxy groups -OCH3 is 2. The number of nitrogens with one attached hydrogen (secondary N) is 1. The zero-order valence-corrected chi connectivity index (χ0v) is 12.4. The van der Waals surface area contributed by atoms with Crippen LogP contribution in [0.1, 0.15) is 10.6 Å². The third-order valence-electron chi connectivity index (χ3n) is 2.83. The van der Waals surface area contributed by atoms with Crippen LogP contribution in [0.2, 0.25) is 0 Å². The van der Waals surface area contributed by atoms with Crippen molar-refractivity contribution in [3.05, 3.63) is 34.3 Å². The average Bonchev–Trinajstić information content (AvgIpc) is 2.84. The first-order valence-electron chi connectivity index (χ1n) is 6.05. The second-order valence-corrected chi connectivity index (χ2v) is 5.09. The molecule has 0 spiro atoms. The molecule has 2 aromatic rings. The zero-order chi connectivity index (χ0) is 14.5. The summed E-state index contributed by atoms with van der Waals surface area (Å²) in [7, 11) is 3.13. The maximum absolute atomic E-state index is 12.0. The van der Waals surface area contributed by atoms with Crippen LogP contribution >= 0.6 is 11.3 Å². The van der Waals surface area contributed by atoms with Gasteiger partial charge in [0.15, 0.2) is 11.5 Å². The van der Waals surface area contributed by atoms with E-state index in [4.69, 9.17) is 9.47 Å². The SMILES string of the molecule is COc1ccc(NC(=O)Cc2scnc2C)cc1OC. The van der Waals surface area contributed by atoms with Crippen LogP contribution in [-0.2, 0) is 11.2 Å². The van der Waals surface area contributed by atoms with Crippen molar-refractivity contribution in [1.82, 2.24) is 4.98 Å². The van der Waals surface area contributed by atoms with E-state index >= 15 is 0 Å². The number of carbonyl (C=O) groups is 1. The number of nitrogens with zero attached hydrogens (tertiary/aromatic N) is 1. The number of anilines is 1. The number of carbonyl (C=O) groups excluding carboxylic acids is 1. The summed E-state index contributed by atoms with van der Waals surface area (Å²) in [4.78, 5) is 17.1. The summed E-state index contributed by atoms with van der Waals surface area (Å²) in [6.45, 7) is 1.90. The van der Waals surface area contributed by atoms with E-state index in [2.05, 4.69) is 10.3 Å². The summed E-state index contributed by atoms with van der Waals surface area (Å²) in [5.41, 5.74) is 3.32. The molecule has 0 aliphatic carbocycles. The number of rotatable bonds is 5. The quantitative estimate of drug-likeness (QED) is 0.920. The lowest BCUT2D eigenvalue weighted by Crippen LogP contribution is -2.14. The van der Waals surface area contributed by atoms with Crippen molar-refractivity contribution in [2.45, 2.75) is 13.3 Å². The molecule has 1 heterocycles.